The first-order valence-corrected chi connectivity index (χ1v) is 39.1. The maximum Gasteiger partial charge on any atom is 0.410 e. The summed E-state index contributed by atoms with van der Waals surface area (Å²) < 4.78 is 23.5. The molecule has 0 aromatic heterocycles. The largest absolute Gasteiger partial charge is 0.449 e. The summed E-state index contributed by atoms with van der Waals surface area (Å²) in [6.45, 7) is 14.3. The molecule has 4 aliphatic heterocycles. The van der Waals surface area contributed by atoms with Crippen molar-refractivity contribution in [3.05, 3.63) is 191 Å². The molecule has 582 valence electrons. The number of nitrogens with zero attached hydrogens (tertiary/aromatic N) is 4. The van der Waals surface area contributed by atoms with Gasteiger partial charge in [-0.3, -0.25) is 28.9 Å². The average molecular weight is 1490 g/mol. The maximum atomic E-state index is 14.9. The molecule has 2 saturated carbocycles. The third kappa shape index (κ3) is 19.0. The molecule has 2 N–H and O–H groups in total. The predicted molar refractivity (Wildman–Crippen MR) is 423 cm³/mol. The van der Waals surface area contributed by atoms with Gasteiger partial charge >= 0.3 is 12.2 Å². The monoisotopic (exact) mass is 1490 g/mol. The van der Waals surface area contributed by atoms with Crippen LogP contribution in [0.3, 0.4) is 0 Å². The SMILES string of the molecule is C.CC.CCC[C@H](CC(=O)[C@@H]1C[C@]2(CC(c3ccccc3)=NO2)CN1C(=O)OCC1c2ccccc2-c2ccccc21)C(OC)C(=O)CC1CC1.CCC[C@H](CC(=O)[C@@H]1C[C@]2(CC(c3ccccc3)=NO2)CN1C(=O)[C@@H](NC(=O)OCC1c2ccccc2-c2ccccc21)C(C)(C)C)C(OC)C(=O)CC1CC1.CO. The van der Waals surface area contributed by atoms with Crippen molar-refractivity contribution in [2.24, 2.45) is 39.4 Å². The molecule has 6 aromatic carbocycles. The van der Waals surface area contributed by atoms with Crippen LogP contribution in [0.2, 0.25) is 0 Å². The number of carbonyl (C=O) groups excluding carboxylic acids is 7. The van der Waals surface area contributed by atoms with E-state index in [0.29, 0.717) is 56.8 Å². The lowest BCUT2D eigenvalue weighted by Gasteiger charge is -2.35. The second-order valence-corrected chi connectivity index (χ2v) is 31.3. The molecule has 19 heteroatoms. The number of ether oxygens (including phenoxy) is 4. The predicted octanol–water partition coefficient (Wildman–Crippen LogP) is 16.5. The highest BCUT2D eigenvalue weighted by Gasteiger charge is 2.57. The smallest absolute Gasteiger partial charge is 0.410 e. The normalized spacial score (nSPS) is 21.2. The van der Waals surface area contributed by atoms with E-state index >= 15 is 0 Å². The van der Waals surface area contributed by atoms with Gasteiger partial charge in [-0.15, -0.1) is 0 Å². The first-order chi connectivity index (χ1) is 52.3. The quantitative estimate of drug-likeness (QED) is 0.0465. The number of hydrogen-bond acceptors (Lipinski definition) is 16. The number of Topliss-reactive ketones (excluding diaryl/α,β-unsaturated/α-hetero) is 4. The molecule has 8 aliphatic rings. The number of amides is 3. The van der Waals surface area contributed by atoms with Crippen LogP contribution in [0.4, 0.5) is 9.59 Å². The summed E-state index contributed by atoms with van der Waals surface area (Å²) in [6.07, 6.45) is 7.23. The second-order valence-electron chi connectivity index (χ2n) is 31.3. The minimum Gasteiger partial charge on any atom is -0.449 e. The molecule has 4 heterocycles. The van der Waals surface area contributed by atoms with E-state index in [1.54, 1.807) is 24.0 Å². The Kier molecular flexibility index (Phi) is 28.0. The highest BCUT2D eigenvalue weighted by atomic mass is 16.7. The van der Waals surface area contributed by atoms with Gasteiger partial charge < -0.3 is 43.9 Å². The van der Waals surface area contributed by atoms with Crippen LogP contribution in [0, 0.1) is 29.1 Å². The number of methoxy groups -OCH3 is 2. The number of ketones is 4. The number of nitrogens with one attached hydrogen (secondary N) is 1. The molecule has 3 amide bonds. The molecule has 109 heavy (non-hydrogen) atoms. The van der Waals surface area contributed by atoms with E-state index in [4.69, 9.17) is 33.7 Å². The topological polar surface area (TPSA) is 238 Å². The highest BCUT2D eigenvalue weighted by Crippen LogP contribution is 2.48. The number of likely N-dealkylation sites (tertiary alicyclic amines) is 2. The van der Waals surface area contributed by atoms with Gasteiger partial charge in [-0.1, -0.05) is 237 Å². The summed E-state index contributed by atoms with van der Waals surface area (Å²) in [5.41, 5.74) is 9.91. The Balaban J connectivity index is 0.000000222. The fraction of sp³-hybridized carbons (Fsp3) is 0.500. The molecule has 2 spiro atoms. The van der Waals surface area contributed by atoms with E-state index in [-0.39, 0.29) is 99.8 Å². The van der Waals surface area contributed by atoms with Crippen molar-refractivity contribution in [2.45, 2.75) is 212 Å². The zero-order valence-corrected chi connectivity index (χ0v) is 64.5. The van der Waals surface area contributed by atoms with E-state index in [0.717, 1.165) is 113 Å². The number of aliphatic hydroxyl groups is 1. The van der Waals surface area contributed by atoms with Gasteiger partial charge in [0.15, 0.2) is 34.3 Å². The fourth-order valence-electron chi connectivity index (χ4n) is 17.0. The van der Waals surface area contributed by atoms with Crippen molar-refractivity contribution in [2.75, 3.05) is 47.6 Å². The third-order valence-corrected chi connectivity index (χ3v) is 22.6. The Bertz CT molecular complexity index is 4110. The molecule has 6 aromatic rings. The Morgan fingerprint density at radius 2 is 0.890 bits per heavy atom. The molecule has 0 radical (unpaired) electrons. The summed E-state index contributed by atoms with van der Waals surface area (Å²) in [5.74, 6) is -0.524. The van der Waals surface area contributed by atoms with Gasteiger partial charge in [0.05, 0.1) is 36.6 Å². The van der Waals surface area contributed by atoms with Gasteiger partial charge in [0.1, 0.15) is 31.5 Å². The van der Waals surface area contributed by atoms with Gasteiger partial charge in [0, 0.05) is 84.5 Å². The number of fused-ring (bicyclic) bond motifs is 6. The first kappa shape index (κ1) is 82.3. The Hall–Kier alpha value is -9.17. The summed E-state index contributed by atoms with van der Waals surface area (Å²) >= 11 is 0. The van der Waals surface area contributed by atoms with Crippen LogP contribution in [-0.2, 0) is 52.6 Å². The van der Waals surface area contributed by atoms with Crippen molar-refractivity contribution < 1.29 is 67.3 Å². The summed E-state index contributed by atoms with van der Waals surface area (Å²) in [4.78, 5) is 114. The van der Waals surface area contributed by atoms with Crippen LogP contribution in [0.15, 0.2) is 168 Å². The van der Waals surface area contributed by atoms with E-state index in [1.165, 1.54) is 0 Å². The number of alkyl carbamates (subject to hydrolysis) is 1. The van der Waals surface area contributed by atoms with Crippen LogP contribution < -0.4 is 5.32 Å². The standard InChI is InChI=1S/C46H55N3O7.C40H44N2O6.C2H6.CH4O.CH4/c1-6-14-31(41(54-5)40(51)23-29-21-22-29)24-39(50)38-26-46(25-37(48-56-46)30-15-8-7-9-16-30)28-49(38)43(52)42(45(2,3)4)47-44(53)55-27-36-34-19-12-10-17-32(34)33-18-11-13-20-35(33)36;1-3-11-28(38(46-2)37(44)20-26-18-19-26)21-36(43)35-23-40(22-34(41-48-40)27-12-5-4-6-13-27)25-42(35)39(45)47-24-33-31-16-9-7-14-29(31)30-15-8-10-17-32(30)33;2*1-2;/h7-13,15-20,29,31,36,38,41-42H,6,14,21-28H2,1-5H3,(H,47,53);4-10,12-17,26,28,33,35,38H,3,11,18-25H2,1-2H3;1-2H3;2H,1H3;1H4/t31-,38+,41?,42-,46-;28-,35+,38?,40-;;;/m11.../s1. The zero-order chi connectivity index (χ0) is 76.9. The van der Waals surface area contributed by atoms with E-state index in [2.05, 4.69) is 71.1 Å². The molecule has 9 atom stereocenters. The zero-order valence-electron chi connectivity index (χ0n) is 64.5. The number of hydrogen-bond donors (Lipinski definition) is 2. The van der Waals surface area contributed by atoms with Gasteiger partial charge in [0.25, 0.3) is 0 Å². The molecule has 0 bridgehead atoms. The molecular formula is C90H113N5O14. The van der Waals surface area contributed by atoms with Crippen LogP contribution >= 0.6 is 0 Å². The van der Waals surface area contributed by atoms with Crippen molar-refractivity contribution in [3.8, 4) is 22.3 Å². The number of rotatable bonds is 28. The lowest BCUT2D eigenvalue weighted by molar-refractivity contribution is -0.143. The highest BCUT2D eigenvalue weighted by molar-refractivity contribution is 6.03. The lowest BCUT2D eigenvalue weighted by Crippen LogP contribution is -2.57. The van der Waals surface area contributed by atoms with Crippen molar-refractivity contribution in [3.63, 3.8) is 0 Å². The second kappa shape index (κ2) is 37.0. The molecule has 4 fully saturated rings. The first-order valence-electron chi connectivity index (χ1n) is 39.1. The molecule has 19 nitrogen and oxygen atoms in total. The molecule has 4 aliphatic carbocycles. The van der Waals surface area contributed by atoms with Crippen LogP contribution in [0.1, 0.15) is 204 Å². The minimum absolute atomic E-state index is 0. The Labute approximate surface area is 644 Å². The number of benzene rings is 6. The van der Waals surface area contributed by atoms with Crippen molar-refractivity contribution >= 4 is 52.7 Å². The van der Waals surface area contributed by atoms with Crippen molar-refractivity contribution in [1.82, 2.24) is 15.1 Å². The van der Waals surface area contributed by atoms with Crippen molar-refractivity contribution in [1.29, 1.82) is 0 Å². The third-order valence-electron chi connectivity index (χ3n) is 22.6. The Morgan fingerprint density at radius 1 is 0.532 bits per heavy atom. The molecule has 2 saturated heterocycles. The minimum atomic E-state index is -1.02. The van der Waals surface area contributed by atoms with Crippen LogP contribution in [-0.4, -0.2) is 157 Å². The van der Waals surface area contributed by atoms with Crippen LogP contribution in [0.5, 0.6) is 0 Å². The fourth-order valence-corrected chi connectivity index (χ4v) is 17.0. The lowest BCUT2D eigenvalue weighted by atomic mass is 9.84. The van der Waals surface area contributed by atoms with Crippen LogP contribution in [0.25, 0.3) is 22.3 Å². The Morgan fingerprint density at radius 3 is 1.26 bits per heavy atom. The molecule has 14 rings (SSSR count). The van der Waals surface area contributed by atoms with E-state index < -0.39 is 65.0 Å². The van der Waals surface area contributed by atoms with Gasteiger partial charge in [-0.2, -0.15) is 0 Å². The molecular weight excluding hydrogens is 1380 g/mol. The van der Waals surface area contributed by atoms with E-state index in [1.807, 2.05) is 151 Å². The van der Waals surface area contributed by atoms with Gasteiger partial charge in [0.2, 0.25) is 5.91 Å². The number of oxime groups is 2. The number of carbonyl (C=O) groups is 7. The van der Waals surface area contributed by atoms with Gasteiger partial charge in [-0.25, -0.2) is 9.59 Å². The van der Waals surface area contributed by atoms with E-state index in [9.17, 15) is 33.6 Å². The maximum absolute atomic E-state index is 14.9. The molecule has 2 unspecified atom stereocenters. The van der Waals surface area contributed by atoms with Gasteiger partial charge in [-0.05, 0) is 123 Å². The average Bonchev–Trinajstić information content (AvgIpc) is 1.62. The summed E-state index contributed by atoms with van der Waals surface area (Å²) in [7, 11) is 4.10. The number of aliphatic hydroxyl groups excluding tert-OH is 1. The summed E-state index contributed by atoms with van der Waals surface area (Å²) in [6, 6.07) is 49.7. The summed E-state index contributed by atoms with van der Waals surface area (Å²) in [5, 5.41) is 18.8.